The molecule has 1 fully saturated rings. The van der Waals surface area contributed by atoms with Gasteiger partial charge in [-0.05, 0) is 50.6 Å². The van der Waals surface area contributed by atoms with E-state index in [4.69, 9.17) is 0 Å². The van der Waals surface area contributed by atoms with Crippen molar-refractivity contribution in [2.45, 2.75) is 44.9 Å². The van der Waals surface area contributed by atoms with Crippen molar-refractivity contribution in [3.63, 3.8) is 0 Å². The van der Waals surface area contributed by atoms with Crippen molar-refractivity contribution >= 4 is 0 Å². The van der Waals surface area contributed by atoms with Crippen molar-refractivity contribution in [1.29, 1.82) is 0 Å². The maximum Gasteiger partial charge on any atom is 0.416 e. The fourth-order valence-electron chi connectivity index (χ4n) is 2.75. The summed E-state index contributed by atoms with van der Waals surface area (Å²) in [4.78, 5) is 2.33. The van der Waals surface area contributed by atoms with Gasteiger partial charge in [-0.1, -0.05) is 19.1 Å². The van der Waals surface area contributed by atoms with E-state index in [1.165, 1.54) is 12.1 Å². The molecule has 2 rings (SSSR count). The summed E-state index contributed by atoms with van der Waals surface area (Å²) in [6, 6.07) is 5.52. The number of hydrogen-bond donors (Lipinski definition) is 1. The van der Waals surface area contributed by atoms with Gasteiger partial charge in [-0.25, -0.2) is 0 Å². The molecule has 1 heterocycles. The number of benzene rings is 1. The van der Waals surface area contributed by atoms with Gasteiger partial charge in [0.2, 0.25) is 0 Å². The van der Waals surface area contributed by atoms with Crippen LogP contribution in [0.15, 0.2) is 24.3 Å². The monoisotopic (exact) mass is 300 g/mol. The van der Waals surface area contributed by atoms with Gasteiger partial charge in [-0.2, -0.15) is 13.2 Å². The fraction of sp³-hybridized carbons (Fsp3) is 0.625. The van der Waals surface area contributed by atoms with Crippen molar-refractivity contribution in [2.24, 2.45) is 0 Å². The summed E-state index contributed by atoms with van der Waals surface area (Å²) in [5, 5.41) is 3.56. The van der Waals surface area contributed by atoms with Crippen LogP contribution < -0.4 is 5.32 Å². The summed E-state index contributed by atoms with van der Waals surface area (Å²) in [7, 11) is 0. The van der Waals surface area contributed by atoms with Crippen LogP contribution in [0.1, 0.15) is 37.8 Å². The molecule has 21 heavy (non-hydrogen) atoms. The highest BCUT2D eigenvalue weighted by Gasteiger charge is 2.30. The predicted octanol–water partition coefficient (Wildman–Crippen LogP) is 3.67. The molecule has 1 aromatic rings. The Morgan fingerprint density at radius 3 is 2.48 bits per heavy atom. The third kappa shape index (κ3) is 4.45. The quantitative estimate of drug-likeness (QED) is 0.916. The van der Waals surface area contributed by atoms with Crippen LogP contribution in [0.25, 0.3) is 0 Å². The summed E-state index contributed by atoms with van der Waals surface area (Å²) in [6.07, 6.45) is -2.15. The first-order valence-corrected chi connectivity index (χ1v) is 7.46. The van der Waals surface area contributed by atoms with Crippen molar-refractivity contribution in [1.82, 2.24) is 10.2 Å². The van der Waals surface area contributed by atoms with Crippen molar-refractivity contribution in [3.05, 3.63) is 35.4 Å². The second-order valence-corrected chi connectivity index (χ2v) is 6.10. The van der Waals surface area contributed by atoms with Crippen LogP contribution in [-0.2, 0) is 12.7 Å². The highest BCUT2D eigenvalue weighted by molar-refractivity contribution is 5.24. The molecule has 0 amide bonds. The van der Waals surface area contributed by atoms with Crippen molar-refractivity contribution in [2.75, 3.05) is 19.6 Å². The third-order valence-corrected chi connectivity index (χ3v) is 4.24. The number of nitrogens with one attached hydrogen (secondary N) is 1. The Morgan fingerprint density at radius 1 is 1.24 bits per heavy atom. The molecule has 1 atom stereocenters. The van der Waals surface area contributed by atoms with E-state index < -0.39 is 11.7 Å². The summed E-state index contributed by atoms with van der Waals surface area (Å²) in [5.74, 6) is 0. The molecule has 118 valence electrons. The molecule has 1 unspecified atom stereocenters. The Hall–Kier alpha value is -1.07. The minimum Gasteiger partial charge on any atom is -0.310 e. The minimum atomic E-state index is -4.26. The SMILES string of the molecule is CCC1(C)CN(Cc2ccc(C(F)(F)F)cc2)CCCN1. The van der Waals surface area contributed by atoms with Crippen LogP contribution >= 0.6 is 0 Å². The van der Waals surface area contributed by atoms with Gasteiger partial charge < -0.3 is 5.32 Å². The molecule has 1 N–H and O–H groups in total. The Morgan fingerprint density at radius 2 is 1.90 bits per heavy atom. The Bertz CT molecular complexity index is 456. The Labute approximate surface area is 124 Å². The lowest BCUT2D eigenvalue weighted by molar-refractivity contribution is -0.137. The van der Waals surface area contributed by atoms with Crippen LogP contribution in [0.2, 0.25) is 0 Å². The lowest BCUT2D eigenvalue weighted by Gasteiger charge is -2.32. The molecule has 1 aliphatic heterocycles. The van der Waals surface area contributed by atoms with E-state index in [0.717, 1.165) is 38.0 Å². The van der Waals surface area contributed by atoms with E-state index in [0.29, 0.717) is 6.54 Å². The number of hydrogen-bond acceptors (Lipinski definition) is 2. The first kappa shape index (κ1) is 16.3. The molecule has 1 saturated heterocycles. The second-order valence-electron chi connectivity index (χ2n) is 6.10. The molecule has 1 aliphatic rings. The molecule has 2 nitrogen and oxygen atoms in total. The van der Waals surface area contributed by atoms with Gasteiger partial charge in [-0.15, -0.1) is 0 Å². The number of rotatable bonds is 3. The summed E-state index contributed by atoms with van der Waals surface area (Å²) in [6.45, 7) is 7.96. The van der Waals surface area contributed by atoms with Gasteiger partial charge in [0, 0.05) is 18.6 Å². The summed E-state index contributed by atoms with van der Waals surface area (Å²) in [5.41, 5.74) is 0.438. The maximum absolute atomic E-state index is 12.6. The molecule has 0 saturated carbocycles. The van der Waals surface area contributed by atoms with Crippen LogP contribution in [-0.4, -0.2) is 30.1 Å². The van der Waals surface area contributed by atoms with Crippen LogP contribution in [0.5, 0.6) is 0 Å². The van der Waals surface area contributed by atoms with Gasteiger partial charge >= 0.3 is 6.18 Å². The molecular weight excluding hydrogens is 277 g/mol. The fourth-order valence-corrected chi connectivity index (χ4v) is 2.75. The molecule has 1 aromatic carbocycles. The van der Waals surface area contributed by atoms with Gasteiger partial charge in [-0.3, -0.25) is 4.90 Å². The highest BCUT2D eigenvalue weighted by Crippen LogP contribution is 2.29. The van der Waals surface area contributed by atoms with Crippen LogP contribution in [0, 0.1) is 0 Å². The first-order chi connectivity index (χ1) is 9.82. The van der Waals surface area contributed by atoms with Gasteiger partial charge in [0.05, 0.1) is 5.56 Å². The Balaban J connectivity index is 2.03. The van der Waals surface area contributed by atoms with E-state index in [2.05, 4.69) is 24.1 Å². The summed E-state index contributed by atoms with van der Waals surface area (Å²) < 4.78 is 37.7. The topological polar surface area (TPSA) is 15.3 Å². The number of nitrogens with zero attached hydrogens (tertiary/aromatic N) is 1. The van der Waals surface area contributed by atoms with Crippen molar-refractivity contribution in [3.8, 4) is 0 Å². The molecule has 0 aromatic heterocycles. The maximum atomic E-state index is 12.6. The average molecular weight is 300 g/mol. The number of alkyl halides is 3. The van der Waals surface area contributed by atoms with E-state index in [-0.39, 0.29) is 5.54 Å². The third-order valence-electron chi connectivity index (χ3n) is 4.24. The van der Waals surface area contributed by atoms with E-state index in [1.54, 1.807) is 12.1 Å². The predicted molar refractivity (Wildman–Crippen MR) is 78.0 cm³/mol. The second kappa shape index (κ2) is 6.36. The van der Waals surface area contributed by atoms with E-state index in [9.17, 15) is 13.2 Å². The largest absolute Gasteiger partial charge is 0.416 e. The smallest absolute Gasteiger partial charge is 0.310 e. The standard InChI is InChI=1S/C16H23F3N2/c1-3-15(2)12-21(10-4-9-20-15)11-13-5-7-14(8-6-13)16(17,18)19/h5-8,20H,3-4,9-12H2,1-2H3. The average Bonchev–Trinajstić information content (AvgIpc) is 2.61. The first-order valence-electron chi connectivity index (χ1n) is 7.46. The zero-order valence-electron chi connectivity index (χ0n) is 12.6. The zero-order chi connectivity index (χ0) is 15.5. The van der Waals surface area contributed by atoms with Gasteiger partial charge in [0.25, 0.3) is 0 Å². The molecular formula is C16H23F3N2. The highest BCUT2D eigenvalue weighted by atomic mass is 19.4. The van der Waals surface area contributed by atoms with Crippen LogP contribution in [0.4, 0.5) is 13.2 Å². The molecule has 0 radical (unpaired) electrons. The minimum absolute atomic E-state index is 0.0857. The van der Waals surface area contributed by atoms with E-state index in [1.807, 2.05) is 0 Å². The lowest BCUT2D eigenvalue weighted by atomic mass is 9.98. The number of halogens is 3. The van der Waals surface area contributed by atoms with Gasteiger partial charge in [0.15, 0.2) is 0 Å². The van der Waals surface area contributed by atoms with E-state index >= 15 is 0 Å². The molecule has 5 heteroatoms. The summed E-state index contributed by atoms with van der Waals surface area (Å²) >= 11 is 0. The Kier molecular flexibility index (Phi) is 4.94. The molecule has 0 spiro atoms. The van der Waals surface area contributed by atoms with Gasteiger partial charge in [0.1, 0.15) is 0 Å². The van der Waals surface area contributed by atoms with Crippen LogP contribution in [0.3, 0.4) is 0 Å². The molecule has 0 bridgehead atoms. The molecule has 0 aliphatic carbocycles. The normalized spacial score (nSPS) is 24.8. The van der Waals surface area contributed by atoms with Crippen molar-refractivity contribution < 1.29 is 13.2 Å². The zero-order valence-corrected chi connectivity index (χ0v) is 12.6. The lowest BCUT2D eigenvalue weighted by Crippen LogP contribution is -2.48.